The first-order chi connectivity index (χ1) is 12.7. The van der Waals surface area contributed by atoms with E-state index in [4.69, 9.17) is 0 Å². The van der Waals surface area contributed by atoms with Crippen LogP contribution in [0.2, 0.25) is 0 Å². The van der Waals surface area contributed by atoms with E-state index in [9.17, 15) is 9.18 Å². The molecular weight excluding hydrogens is 335 g/mol. The van der Waals surface area contributed by atoms with Gasteiger partial charge in [-0.3, -0.25) is 9.78 Å². The molecule has 7 nitrogen and oxygen atoms in total. The summed E-state index contributed by atoms with van der Waals surface area (Å²) in [6, 6.07) is 2.93. The minimum absolute atomic E-state index is 0.0124. The molecule has 8 heteroatoms. The van der Waals surface area contributed by atoms with E-state index in [2.05, 4.69) is 25.0 Å². The van der Waals surface area contributed by atoms with Crippen molar-refractivity contribution in [3.8, 4) is 0 Å². The first-order valence-electron chi connectivity index (χ1n) is 8.70. The number of amides is 1. The zero-order valence-corrected chi connectivity index (χ0v) is 14.2. The van der Waals surface area contributed by atoms with Gasteiger partial charge in [-0.05, 0) is 30.5 Å². The molecule has 2 aromatic rings. The van der Waals surface area contributed by atoms with E-state index in [-0.39, 0.29) is 17.9 Å². The highest BCUT2D eigenvalue weighted by atomic mass is 19.1. The zero-order chi connectivity index (χ0) is 17.9. The largest absolute Gasteiger partial charge is 0.341 e. The minimum Gasteiger partial charge on any atom is -0.341 e. The highest BCUT2D eigenvalue weighted by Crippen LogP contribution is 2.32. The minimum atomic E-state index is -0.405. The van der Waals surface area contributed by atoms with Gasteiger partial charge in [-0.1, -0.05) is 0 Å². The molecule has 4 heterocycles. The molecule has 134 valence electrons. The third kappa shape index (κ3) is 3.26. The van der Waals surface area contributed by atoms with Crippen LogP contribution in [-0.4, -0.2) is 45.2 Å². The molecule has 2 aliphatic rings. The molecule has 1 unspecified atom stereocenters. The summed E-state index contributed by atoms with van der Waals surface area (Å²) in [5, 5.41) is 5.74. The van der Waals surface area contributed by atoms with Crippen molar-refractivity contribution >= 4 is 18.1 Å². The van der Waals surface area contributed by atoms with E-state index < -0.39 is 5.82 Å². The lowest BCUT2D eigenvalue weighted by Crippen LogP contribution is -2.41. The number of anilines is 1. The lowest BCUT2D eigenvalue weighted by molar-refractivity contribution is -0.138. The van der Waals surface area contributed by atoms with Gasteiger partial charge < -0.3 is 4.90 Å². The molecule has 1 fully saturated rings. The van der Waals surface area contributed by atoms with Gasteiger partial charge in [0.25, 0.3) is 0 Å². The van der Waals surface area contributed by atoms with Gasteiger partial charge >= 0.3 is 0 Å². The molecule has 2 aliphatic heterocycles. The Balaban J connectivity index is 1.42. The molecule has 0 N–H and O–H groups in total. The number of rotatable bonds is 3. The number of nitrogens with zero attached hydrogens (tertiary/aromatic N) is 6. The Bertz CT molecular complexity index is 806. The fourth-order valence-electron chi connectivity index (χ4n) is 3.48. The maximum atomic E-state index is 13.5. The number of hydrogen-bond donors (Lipinski definition) is 0. The van der Waals surface area contributed by atoms with Crippen molar-refractivity contribution in [2.24, 2.45) is 11.0 Å². The van der Waals surface area contributed by atoms with Crippen LogP contribution in [0.4, 0.5) is 10.3 Å². The summed E-state index contributed by atoms with van der Waals surface area (Å²) in [6.07, 6.45) is 9.92. The van der Waals surface area contributed by atoms with Crippen molar-refractivity contribution in [1.29, 1.82) is 0 Å². The molecule has 0 saturated carbocycles. The fourth-order valence-corrected chi connectivity index (χ4v) is 3.48. The molecule has 26 heavy (non-hydrogen) atoms. The first-order valence-corrected chi connectivity index (χ1v) is 8.70. The number of piperidine rings is 1. The van der Waals surface area contributed by atoms with E-state index in [1.165, 1.54) is 11.1 Å². The normalized spacial score (nSPS) is 20.6. The standard InChI is InChI=1S/C18H19FN6O/c19-15-10-14(11-20-12-15)16-2-7-23-25(16)17(26)13-3-8-24(9-4-13)18-21-5-1-6-22-18/h1,5-7,10-13,16H,2-4,8-9H2. The second-order valence-corrected chi connectivity index (χ2v) is 6.48. The molecule has 4 rings (SSSR count). The van der Waals surface area contributed by atoms with E-state index in [0.29, 0.717) is 17.9 Å². The van der Waals surface area contributed by atoms with Gasteiger partial charge in [0, 0.05) is 50.2 Å². The van der Waals surface area contributed by atoms with Crippen molar-refractivity contribution in [1.82, 2.24) is 20.0 Å². The predicted molar refractivity (Wildman–Crippen MR) is 93.9 cm³/mol. The Labute approximate surface area is 150 Å². The second kappa shape index (κ2) is 7.15. The summed E-state index contributed by atoms with van der Waals surface area (Å²) in [5.41, 5.74) is 0.672. The van der Waals surface area contributed by atoms with E-state index >= 15 is 0 Å². The summed E-state index contributed by atoms with van der Waals surface area (Å²) in [4.78, 5) is 27.5. The molecule has 0 aliphatic carbocycles. The topological polar surface area (TPSA) is 74.6 Å². The van der Waals surface area contributed by atoms with Crippen LogP contribution in [0.1, 0.15) is 30.9 Å². The van der Waals surface area contributed by atoms with Crippen LogP contribution in [0.25, 0.3) is 0 Å². The number of hydrogen-bond acceptors (Lipinski definition) is 6. The van der Waals surface area contributed by atoms with Gasteiger partial charge in [-0.2, -0.15) is 5.10 Å². The molecule has 0 radical (unpaired) electrons. The van der Waals surface area contributed by atoms with E-state index in [0.717, 1.165) is 32.1 Å². The number of hydrazone groups is 1. The third-order valence-corrected chi connectivity index (χ3v) is 4.85. The van der Waals surface area contributed by atoms with Crippen LogP contribution >= 0.6 is 0 Å². The SMILES string of the molecule is O=C(C1CCN(c2ncccn2)CC1)N1N=CCC1c1cncc(F)c1. The predicted octanol–water partition coefficient (Wildman–Crippen LogP) is 2.19. The van der Waals surface area contributed by atoms with Gasteiger partial charge in [-0.15, -0.1) is 0 Å². The Hall–Kier alpha value is -2.90. The summed E-state index contributed by atoms with van der Waals surface area (Å²) in [5.74, 6) is 0.176. The number of pyridine rings is 1. The van der Waals surface area contributed by atoms with Crippen molar-refractivity contribution in [3.05, 3.63) is 48.3 Å². The summed E-state index contributed by atoms with van der Waals surface area (Å²) >= 11 is 0. The maximum Gasteiger partial charge on any atom is 0.246 e. The van der Waals surface area contributed by atoms with Crippen molar-refractivity contribution in [2.75, 3.05) is 18.0 Å². The van der Waals surface area contributed by atoms with Crippen LogP contribution in [0.5, 0.6) is 0 Å². The fraction of sp³-hybridized carbons (Fsp3) is 0.389. The van der Waals surface area contributed by atoms with Crippen LogP contribution in [0.3, 0.4) is 0 Å². The van der Waals surface area contributed by atoms with E-state index in [1.54, 1.807) is 30.9 Å². The van der Waals surface area contributed by atoms with Gasteiger partial charge in [0.1, 0.15) is 5.82 Å². The van der Waals surface area contributed by atoms with Crippen LogP contribution in [-0.2, 0) is 4.79 Å². The van der Waals surface area contributed by atoms with Crippen molar-refractivity contribution in [2.45, 2.75) is 25.3 Å². The van der Waals surface area contributed by atoms with Crippen LogP contribution < -0.4 is 4.90 Å². The van der Waals surface area contributed by atoms with Crippen molar-refractivity contribution in [3.63, 3.8) is 0 Å². The smallest absolute Gasteiger partial charge is 0.246 e. The Kier molecular flexibility index (Phi) is 4.55. The number of carbonyl (C=O) groups is 1. The Morgan fingerprint density at radius 3 is 2.65 bits per heavy atom. The van der Waals surface area contributed by atoms with Crippen LogP contribution in [0, 0.1) is 11.7 Å². The highest BCUT2D eigenvalue weighted by molar-refractivity contribution is 5.82. The second-order valence-electron chi connectivity index (χ2n) is 6.48. The summed E-state index contributed by atoms with van der Waals surface area (Å²) < 4.78 is 13.5. The van der Waals surface area contributed by atoms with Gasteiger partial charge in [0.05, 0.1) is 12.2 Å². The van der Waals surface area contributed by atoms with Crippen LogP contribution in [0.15, 0.2) is 42.0 Å². The third-order valence-electron chi connectivity index (χ3n) is 4.85. The molecule has 1 atom stereocenters. The Morgan fingerprint density at radius 2 is 1.92 bits per heavy atom. The molecule has 0 spiro atoms. The molecule has 1 amide bonds. The van der Waals surface area contributed by atoms with Crippen molar-refractivity contribution < 1.29 is 9.18 Å². The molecule has 0 aromatic carbocycles. The number of halogens is 1. The molecule has 1 saturated heterocycles. The lowest BCUT2D eigenvalue weighted by atomic mass is 9.94. The maximum absolute atomic E-state index is 13.5. The number of carbonyl (C=O) groups excluding carboxylic acids is 1. The number of aromatic nitrogens is 3. The van der Waals surface area contributed by atoms with Gasteiger partial charge in [0.2, 0.25) is 11.9 Å². The first kappa shape index (κ1) is 16.6. The monoisotopic (exact) mass is 354 g/mol. The molecule has 2 aromatic heterocycles. The summed E-state index contributed by atoms with van der Waals surface area (Å²) in [6.45, 7) is 1.45. The molecular formula is C18H19FN6O. The van der Waals surface area contributed by atoms with E-state index in [1.807, 2.05) is 0 Å². The highest BCUT2D eigenvalue weighted by Gasteiger charge is 2.35. The van der Waals surface area contributed by atoms with Gasteiger partial charge in [0.15, 0.2) is 0 Å². The average molecular weight is 354 g/mol. The van der Waals surface area contributed by atoms with Gasteiger partial charge in [-0.25, -0.2) is 19.4 Å². The lowest BCUT2D eigenvalue weighted by Gasteiger charge is -2.33. The Morgan fingerprint density at radius 1 is 1.15 bits per heavy atom. The molecule has 0 bridgehead atoms. The summed E-state index contributed by atoms with van der Waals surface area (Å²) in [7, 11) is 0. The average Bonchev–Trinajstić information content (AvgIpc) is 3.18. The zero-order valence-electron chi connectivity index (χ0n) is 14.2. The quantitative estimate of drug-likeness (QED) is 0.845.